The van der Waals surface area contributed by atoms with Crippen molar-refractivity contribution in [2.45, 2.75) is 6.04 Å². The predicted molar refractivity (Wildman–Crippen MR) is 80.8 cm³/mol. The van der Waals surface area contributed by atoms with Gasteiger partial charge in [0.1, 0.15) is 23.4 Å². The van der Waals surface area contributed by atoms with Crippen LogP contribution in [0.15, 0.2) is 71.3 Å². The number of rotatable bonds is 4. The van der Waals surface area contributed by atoms with Gasteiger partial charge in [0.25, 0.3) is 5.91 Å². The van der Waals surface area contributed by atoms with Crippen LogP contribution in [0.5, 0.6) is 0 Å². The number of benzene rings is 2. The van der Waals surface area contributed by atoms with Gasteiger partial charge in [-0.15, -0.1) is 0 Å². The lowest BCUT2D eigenvalue weighted by atomic mass is 10.0. The highest BCUT2D eigenvalue weighted by Gasteiger charge is 2.21. The summed E-state index contributed by atoms with van der Waals surface area (Å²) in [6.07, 6.45) is 1.50. The molecule has 0 spiro atoms. The highest BCUT2D eigenvalue weighted by atomic mass is 19.1. The number of hydrogen-bond donors (Lipinski definition) is 1. The number of carbonyl (C=O) groups excluding carboxylic acids is 1. The van der Waals surface area contributed by atoms with E-state index in [-0.39, 0.29) is 5.56 Å². The summed E-state index contributed by atoms with van der Waals surface area (Å²) in [4.78, 5) is 12.3. The van der Waals surface area contributed by atoms with Gasteiger partial charge in [0.15, 0.2) is 0 Å². The fraction of sp³-hybridized carbons (Fsp3) is 0.0556. The van der Waals surface area contributed by atoms with E-state index < -0.39 is 23.6 Å². The van der Waals surface area contributed by atoms with Crippen LogP contribution in [0.4, 0.5) is 8.78 Å². The molecule has 1 aromatic heterocycles. The highest BCUT2D eigenvalue weighted by molar-refractivity contribution is 5.94. The van der Waals surface area contributed by atoms with Crippen molar-refractivity contribution in [3.8, 4) is 0 Å². The van der Waals surface area contributed by atoms with E-state index >= 15 is 0 Å². The minimum Gasteiger partial charge on any atom is -0.467 e. The molecule has 5 heteroatoms. The van der Waals surface area contributed by atoms with Gasteiger partial charge in [-0.1, -0.05) is 30.3 Å². The van der Waals surface area contributed by atoms with Crippen LogP contribution in [0.1, 0.15) is 27.7 Å². The van der Waals surface area contributed by atoms with Crippen molar-refractivity contribution in [3.63, 3.8) is 0 Å². The lowest BCUT2D eigenvalue weighted by Crippen LogP contribution is -2.29. The molecule has 116 valence electrons. The van der Waals surface area contributed by atoms with Gasteiger partial charge in [-0.05, 0) is 29.8 Å². The maximum Gasteiger partial charge on any atom is 0.255 e. The molecule has 1 atom stereocenters. The molecule has 3 nitrogen and oxygen atoms in total. The normalized spacial score (nSPS) is 11.9. The van der Waals surface area contributed by atoms with Crippen molar-refractivity contribution in [2.75, 3.05) is 0 Å². The van der Waals surface area contributed by atoms with Crippen LogP contribution < -0.4 is 5.32 Å². The van der Waals surface area contributed by atoms with Gasteiger partial charge in [0.2, 0.25) is 0 Å². The number of halogens is 2. The second-order valence-electron chi connectivity index (χ2n) is 4.96. The summed E-state index contributed by atoms with van der Waals surface area (Å²) in [5.74, 6) is -1.77. The largest absolute Gasteiger partial charge is 0.467 e. The molecule has 0 bridgehead atoms. The number of furan rings is 1. The number of hydrogen-bond acceptors (Lipinski definition) is 2. The molecule has 0 saturated carbocycles. The molecule has 0 fully saturated rings. The molecule has 1 N–H and O–H groups in total. The zero-order valence-electron chi connectivity index (χ0n) is 12.0. The van der Waals surface area contributed by atoms with Gasteiger partial charge in [0, 0.05) is 6.07 Å². The summed E-state index contributed by atoms with van der Waals surface area (Å²) >= 11 is 0. The topological polar surface area (TPSA) is 42.2 Å². The van der Waals surface area contributed by atoms with E-state index in [4.69, 9.17) is 4.42 Å². The van der Waals surface area contributed by atoms with Crippen LogP contribution in [0.2, 0.25) is 0 Å². The maximum atomic E-state index is 13.8. The Morgan fingerprint density at radius 1 is 1.00 bits per heavy atom. The first-order valence-electron chi connectivity index (χ1n) is 6.99. The van der Waals surface area contributed by atoms with Gasteiger partial charge >= 0.3 is 0 Å². The second kappa shape index (κ2) is 6.44. The van der Waals surface area contributed by atoms with Gasteiger partial charge in [-0.3, -0.25) is 4.79 Å². The molecule has 0 aliphatic heterocycles. The van der Waals surface area contributed by atoms with Crippen molar-refractivity contribution in [1.29, 1.82) is 0 Å². The summed E-state index contributed by atoms with van der Waals surface area (Å²) in [6, 6.07) is 14.9. The molecule has 2 aromatic carbocycles. The maximum absolute atomic E-state index is 13.8. The van der Waals surface area contributed by atoms with Crippen molar-refractivity contribution in [2.24, 2.45) is 0 Å². The van der Waals surface area contributed by atoms with Crippen molar-refractivity contribution < 1.29 is 18.0 Å². The smallest absolute Gasteiger partial charge is 0.255 e. The molecule has 1 heterocycles. The Morgan fingerprint density at radius 3 is 2.43 bits per heavy atom. The van der Waals surface area contributed by atoms with Crippen LogP contribution in [-0.4, -0.2) is 5.91 Å². The zero-order chi connectivity index (χ0) is 16.2. The lowest BCUT2D eigenvalue weighted by molar-refractivity contribution is 0.0935. The monoisotopic (exact) mass is 313 g/mol. The lowest BCUT2D eigenvalue weighted by Gasteiger charge is -2.17. The molecule has 3 rings (SSSR count). The average Bonchev–Trinajstić information content (AvgIpc) is 3.07. The molecule has 0 aliphatic carbocycles. The summed E-state index contributed by atoms with van der Waals surface area (Å²) in [5, 5.41) is 2.72. The molecule has 1 amide bonds. The standard InChI is InChI=1S/C18H13F2NO2/c19-13-8-9-14(15(20)11-13)18(22)21-17(16-7-4-10-23-16)12-5-2-1-3-6-12/h1-11,17H,(H,21,22)/t17-/m0/s1. The first-order valence-corrected chi connectivity index (χ1v) is 6.99. The van der Waals surface area contributed by atoms with Gasteiger partial charge in [0.05, 0.1) is 11.8 Å². The number of nitrogens with one attached hydrogen (secondary N) is 1. The number of carbonyl (C=O) groups is 1. The molecular formula is C18H13F2NO2. The molecule has 23 heavy (non-hydrogen) atoms. The van der Waals surface area contributed by atoms with Crippen LogP contribution in [0.3, 0.4) is 0 Å². The molecule has 0 radical (unpaired) electrons. The molecule has 0 unspecified atom stereocenters. The van der Waals surface area contributed by atoms with Crippen LogP contribution in [-0.2, 0) is 0 Å². The van der Waals surface area contributed by atoms with Crippen molar-refractivity contribution >= 4 is 5.91 Å². The Morgan fingerprint density at radius 2 is 1.78 bits per heavy atom. The molecule has 3 aromatic rings. The minimum atomic E-state index is -0.909. The van der Waals surface area contributed by atoms with Crippen LogP contribution in [0, 0.1) is 11.6 Å². The molecular weight excluding hydrogens is 300 g/mol. The first kappa shape index (κ1) is 15.0. The fourth-order valence-corrected chi connectivity index (χ4v) is 2.30. The van der Waals surface area contributed by atoms with Gasteiger partial charge in [-0.2, -0.15) is 0 Å². The van der Waals surface area contributed by atoms with Gasteiger partial charge in [-0.25, -0.2) is 8.78 Å². The van der Waals surface area contributed by atoms with E-state index in [1.54, 1.807) is 12.1 Å². The Kier molecular flexibility index (Phi) is 4.19. The summed E-state index contributed by atoms with van der Waals surface area (Å²) in [6.45, 7) is 0. The Labute approximate surface area is 131 Å². The van der Waals surface area contributed by atoms with Crippen molar-refractivity contribution in [1.82, 2.24) is 5.32 Å². The van der Waals surface area contributed by atoms with Gasteiger partial charge < -0.3 is 9.73 Å². The Bertz CT molecular complexity index is 801. The van der Waals surface area contributed by atoms with E-state index in [9.17, 15) is 13.6 Å². The third-order valence-corrected chi connectivity index (χ3v) is 3.41. The first-order chi connectivity index (χ1) is 11.1. The molecule has 0 aliphatic rings. The van der Waals surface area contributed by atoms with E-state index in [2.05, 4.69) is 5.32 Å². The summed E-state index contributed by atoms with van der Waals surface area (Å²) in [7, 11) is 0. The van der Waals surface area contributed by atoms with E-state index in [0.29, 0.717) is 11.8 Å². The van der Waals surface area contributed by atoms with Crippen LogP contribution >= 0.6 is 0 Å². The summed E-state index contributed by atoms with van der Waals surface area (Å²) in [5.41, 5.74) is 0.567. The minimum absolute atomic E-state index is 0.223. The highest BCUT2D eigenvalue weighted by Crippen LogP contribution is 2.23. The van der Waals surface area contributed by atoms with E-state index in [1.807, 2.05) is 30.3 Å². The quantitative estimate of drug-likeness (QED) is 0.788. The third kappa shape index (κ3) is 3.29. The van der Waals surface area contributed by atoms with E-state index in [0.717, 1.165) is 17.7 Å². The average molecular weight is 313 g/mol. The van der Waals surface area contributed by atoms with Crippen molar-refractivity contribution in [3.05, 3.63) is 95.4 Å². The molecule has 0 saturated heterocycles. The number of amides is 1. The SMILES string of the molecule is O=C(N[C@@H](c1ccccc1)c1ccco1)c1ccc(F)cc1F. The fourth-order valence-electron chi connectivity index (χ4n) is 2.30. The zero-order valence-corrected chi connectivity index (χ0v) is 12.0. The predicted octanol–water partition coefficient (Wildman–Crippen LogP) is 4.08. The second-order valence-corrected chi connectivity index (χ2v) is 4.96. The third-order valence-electron chi connectivity index (χ3n) is 3.41. The summed E-state index contributed by atoms with van der Waals surface area (Å²) < 4.78 is 32.1. The van der Waals surface area contributed by atoms with Crippen LogP contribution in [0.25, 0.3) is 0 Å². The Hall–Kier alpha value is -2.95. The van der Waals surface area contributed by atoms with E-state index in [1.165, 1.54) is 6.26 Å². The Balaban J connectivity index is 1.91.